The topological polar surface area (TPSA) is 59.9 Å². The van der Waals surface area contributed by atoms with Gasteiger partial charge in [-0.15, -0.1) is 10.2 Å². The fourth-order valence-electron chi connectivity index (χ4n) is 1.45. The quantitative estimate of drug-likeness (QED) is 0.840. The van der Waals surface area contributed by atoms with E-state index in [1.807, 2.05) is 18.2 Å². The van der Waals surface area contributed by atoms with Crippen molar-refractivity contribution in [3.8, 4) is 5.19 Å². The predicted octanol–water partition coefficient (Wildman–Crippen LogP) is 2.05. The molecule has 19 heavy (non-hydrogen) atoms. The molecule has 0 spiro atoms. The van der Waals surface area contributed by atoms with Crippen LogP contribution >= 0.6 is 11.3 Å². The van der Waals surface area contributed by atoms with Crippen LogP contribution in [0.1, 0.15) is 24.5 Å². The molecule has 5 nitrogen and oxygen atoms in total. The molecule has 0 atom stereocenters. The minimum absolute atomic E-state index is 0.442. The molecule has 2 aromatic heterocycles. The summed E-state index contributed by atoms with van der Waals surface area (Å²) in [4.78, 5) is 4.24. The van der Waals surface area contributed by atoms with E-state index in [-0.39, 0.29) is 0 Å². The molecule has 0 saturated carbocycles. The molecule has 0 aliphatic carbocycles. The van der Waals surface area contributed by atoms with Crippen molar-refractivity contribution in [1.29, 1.82) is 0 Å². The molecule has 102 valence electrons. The number of hydrogen-bond donors (Lipinski definition) is 1. The zero-order chi connectivity index (χ0) is 13.5. The maximum absolute atomic E-state index is 5.57. The van der Waals surface area contributed by atoms with Crippen molar-refractivity contribution in [3.63, 3.8) is 0 Å². The Morgan fingerprint density at radius 2 is 2.21 bits per heavy atom. The second kappa shape index (κ2) is 7.16. The van der Waals surface area contributed by atoms with Gasteiger partial charge < -0.3 is 10.1 Å². The number of rotatable bonds is 7. The molecule has 2 aromatic rings. The average Bonchev–Trinajstić information content (AvgIpc) is 2.86. The molecule has 1 N–H and O–H groups in total. The first kappa shape index (κ1) is 13.9. The lowest BCUT2D eigenvalue weighted by Gasteiger charge is -2.03. The van der Waals surface area contributed by atoms with E-state index >= 15 is 0 Å². The van der Waals surface area contributed by atoms with E-state index in [0.717, 1.165) is 23.7 Å². The second-order valence-electron chi connectivity index (χ2n) is 4.42. The van der Waals surface area contributed by atoms with Gasteiger partial charge in [-0.25, -0.2) is 0 Å². The lowest BCUT2D eigenvalue weighted by molar-refractivity contribution is 0.316. The Morgan fingerprint density at radius 1 is 1.32 bits per heavy atom. The number of aromatic nitrogens is 3. The third kappa shape index (κ3) is 4.92. The van der Waals surface area contributed by atoms with Crippen LogP contribution in [-0.4, -0.2) is 27.8 Å². The highest BCUT2D eigenvalue weighted by molar-refractivity contribution is 7.13. The van der Waals surface area contributed by atoms with Crippen LogP contribution in [0.3, 0.4) is 0 Å². The van der Waals surface area contributed by atoms with E-state index in [9.17, 15) is 0 Å². The van der Waals surface area contributed by atoms with Crippen LogP contribution in [0.5, 0.6) is 5.19 Å². The van der Waals surface area contributed by atoms with E-state index in [2.05, 4.69) is 34.3 Å². The number of pyridine rings is 1. The van der Waals surface area contributed by atoms with Gasteiger partial charge >= 0.3 is 0 Å². The molecule has 2 rings (SSSR count). The third-order valence-corrected chi connectivity index (χ3v) is 3.26. The molecule has 0 aromatic carbocycles. The van der Waals surface area contributed by atoms with Gasteiger partial charge in [0.15, 0.2) is 0 Å². The summed E-state index contributed by atoms with van der Waals surface area (Å²) < 4.78 is 5.57. The molecule has 0 aliphatic heterocycles. The Bertz CT molecular complexity index is 486. The Balaban J connectivity index is 1.74. The smallest absolute Gasteiger partial charge is 0.294 e. The molecule has 0 radical (unpaired) electrons. The molecule has 0 amide bonds. The van der Waals surface area contributed by atoms with E-state index in [1.54, 1.807) is 6.20 Å². The van der Waals surface area contributed by atoms with E-state index in [0.29, 0.717) is 17.8 Å². The van der Waals surface area contributed by atoms with Gasteiger partial charge in [0.2, 0.25) is 0 Å². The second-order valence-corrected chi connectivity index (χ2v) is 5.44. The molecular formula is C13H18N4OS. The minimum atomic E-state index is 0.442. The first-order valence-electron chi connectivity index (χ1n) is 6.32. The van der Waals surface area contributed by atoms with Crippen molar-refractivity contribution in [1.82, 2.24) is 20.5 Å². The van der Waals surface area contributed by atoms with Crippen molar-refractivity contribution < 1.29 is 4.74 Å². The van der Waals surface area contributed by atoms with Crippen LogP contribution in [-0.2, 0) is 13.0 Å². The van der Waals surface area contributed by atoms with E-state index < -0.39 is 0 Å². The summed E-state index contributed by atoms with van der Waals surface area (Å²) in [6.07, 6.45) is 2.57. The highest BCUT2D eigenvalue weighted by Crippen LogP contribution is 2.17. The largest absolute Gasteiger partial charge is 0.469 e. The van der Waals surface area contributed by atoms with Crippen LogP contribution in [0.4, 0.5) is 0 Å². The van der Waals surface area contributed by atoms with Crippen molar-refractivity contribution >= 4 is 11.3 Å². The van der Waals surface area contributed by atoms with Gasteiger partial charge in [0.1, 0.15) is 5.01 Å². The van der Waals surface area contributed by atoms with Crippen LogP contribution in [0.2, 0.25) is 0 Å². The monoisotopic (exact) mass is 278 g/mol. The Kier molecular flexibility index (Phi) is 5.23. The van der Waals surface area contributed by atoms with Gasteiger partial charge in [-0.1, -0.05) is 31.3 Å². The summed E-state index contributed by atoms with van der Waals surface area (Å²) in [5.41, 5.74) is 1.02. The molecule has 0 fully saturated rings. The normalized spacial score (nSPS) is 10.9. The lowest BCUT2D eigenvalue weighted by Crippen LogP contribution is -2.21. The van der Waals surface area contributed by atoms with Gasteiger partial charge in [0.25, 0.3) is 5.19 Å². The summed E-state index contributed by atoms with van der Waals surface area (Å²) in [6, 6.07) is 6.31. The summed E-state index contributed by atoms with van der Waals surface area (Å²) in [5.74, 6) is 0. The average molecular weight is 278 g/mol. The third-order valence-electron chi connectivity index (χ3n) is 2.42. The van der Waals surface area contributed by atoms with Crippen molar-refractivity contribution in [2.45, 2.75) is 32.9 Å². The Labute approximate surface area is 117 Å². The maximum Gasteiger partial charge on any atom is 0.294 e. The summed E-state index contributed by atoms with van der Waals surface area (Å²) in [5, 5.41) is 13.0. The van der Waals surface area contributed by atoms with Gasteiger partial charge in [-0.2, -0.15) is 0 Å². The minimum Gasteiger partial charge on any atom is -0.469 e. The summed E-state index contributed by atoms with van der Waals surface area (Å²) in [7, 11) is 0. The molecular weight excluding hydrogens is 260 g/mol. The van der Waals surface area contributed by atoms with Crippen LogP contribution < -0.4 is 10.1 Å². The van der Waals surface area contributed by atoms with E-state index in [4.69, 9.17) is 4.74 Å². The van der Waals surface area contributed by atoms with E-state index in [1.165, 1.54) is 11.3 Å². The Morgan fingerprint density at radius 3 is 2.95 bits per heavy atom. The molecule has 0 unspecified atom stereocenters. The van der Waals surface area contributed by atoms with Gasteiger partial charge in [-0.3, -0.25) is 4.98 Å². The molecule has 0 aliphatic rings. The Hall–Kier alpha value is -1.53. The zero-order valence-electron chi connectivity index (χ0n) is 11.2. The fraction of sp³-hybridized carbons (Fsp3) is 0.462. The maximum atomic E-state index is 5.57. The number of nitrogens with zero attached hydrogens (tertiary/aromatic N) is 3. The molecule has 0 saturated heterocycles. The number of ether oxygens (including phenoxy) is 1. The molecule has 6 heteroatoms. The number of hydrogen-bond acceptors (Lipinski definition) is 6. The highest BCUT2D eigenvalue weighted by Gasteiger charge is 2.05. The van der Waals surface area contributed by atoms with Gasteiger partial charge in [-0.05, 0) is 12.1 Å². The summed E-state index contributed by atoms with van der Waals surface area (Å²) >= 11 is 1.48. The van der Waals surface area contributed by atoms with Crippen LogP contribution in [0, 0.1) is 0 Å². The predicted molar refractivity (Wildman–Crippen MR) is 75.3 cm³/mol. The standard InChI is InChI=1S/C13H18N4OS/c1-10(2)15-9-12-16-17-13(19-12)18-8-6-11-5-3-4-7-14-11/h3-5,7,10,15H,6,8-9H2,1-2H3. The molecule has 2 heterocycles. The zero-order valence-corrected chi connectivity index (χ0v) is 12.0. The van der Waals surface area contributed by atoms with Crippen LogP contribution in [0.15, 0.2) is 24.4 Å². The fourth-order valence-corrected chi connectivity index (χ4v) is 2.11. The lowest BCUT2D eigenvalue weighted by atomic mass is 10.3. The SMILES string of the molecule is CC(C)NCc1nnc(OCCc2ccccn2)s1. The number of nitrogens with one attached hydrogen (secondary N) is 1. The van der Waals surface area contributed by atoms with Gasteiger partial charge in [0.05, 0.1) is 13.2 Å². The molecule has 0 bridgehead atoms. The van der Waals surface area contributed by atoms with Crippen LogP contribution in [0.25, 0.3) is 0 Å². The first-order valence-corrected chi connectivity index (χ1v) is 7.14. The van der Waals surface area contributed by atoms with Crippen molar-refractivity contribution in [3.05, 3.63) is 35.1 Å². The highest BCUT2D eigenvalue weighted by atomic mass is 32.1. The van der Waals surface area contributed by atoms with Crippen molar-refractivity contribution in [2.24, 2.45) is 0 Å². The van der Waals surface area contributed by atoms with Gasteiger partial charge in [0, 0.05) is 24.4 Å². The summed E-state index contributed by atoms with van der Waals surface area (Å²) in [6.45, 7) is 5.51. The van der Waals surface area contributed by atoms with Crippen molar-refractivity contribution in [2.75, 3.05) is 6.61 Å². The first-order chi connectivity index (χ1) is 9.24.